The molecule has 1 aromatic carbocycles. The number of benzene rings is 1. The van der Waals surface area contributed by atoms with Crippen molar-refractivity contribution in [2.24, 2.45) is 0 Å². The van der Waals surface area contributed by atoms with Crippen LogP contribution >= 0.6 is 0 Å². The number of anilines is 1. The van der Waals surface area contributed by atoms with Gasteiger partial charge in [-0.25, -0.2) is 0 Å². The largest absolute Gasteiger partial charge is 0.481 e. The molecule has 1 aromatic rings. The molecule has 0 saturated heterocycles. The SMILES string of the molecule is CC(C)(C)NC[C@H](O)c1cccc2c1OCC(=O)N2. The molecule has 0 bridgehead atoms. The Balaban J connectivity index is 2.16. The van der Waals surface area contributed by atoms with Gasteiger partial charge in [-0.05, 0) is 26.8 Å². The van der Waals surface area contributed by atoms with E-state index in [2.05, 4.69) is 10.6 Å². The van der Waals surface area contributed by atoms with Crippen LogP contribution in [0.1, 0.15) is 32.4 Å². The van der Waals surface area contributed by atoms with Crippen molar-refractivity contribution in [2.75, 3.05) is 18.5 Å². The summed E-state index contributed by atoms with van der Waals surface area (Å²) in [4.78, 5) is 11.3. The Morgan fingerprint density at radius 1 is 1.47 bits per heavy atom. The second kappa shape index (κ2) is 5.19. The van der Waals surface area contributed by atoms with Gasteiger partial charge in [0.05, 0.1) is 11.8 Å². The molecular weight excluding hydrogens is 244 g/mol. The summed E-state index contributed by atoms with van der Waals surface area (Å²) in [6.45, 7) is 6.53. The van der Waals surface area contributed by atoms with Gasteiger partial charge in [-0.15, -0.1) is 0 Å². The van der Waals surface area contributed by atoms with Crippen LogP contribution in [-0.2, 0) is 4.79 Å². The zero-order valence-electron chi connectivity index (χ0n) is 11.5. The third kappa shape index (κ3) is 3.45. The number of aliphatic hydroxyl groups excluding tert-OH is 1. The summed E-state index contributed by atoms with van der Waals surface area (Å²) in [5.41, 5.74) is 1.24. The molecule has 1 heterocycles. The first-order chi connectivity index (χ1) is 8.87. The lowest BCUT2D eigenvalue weighted by Crippen LogP contribution is -2.38. The van der Waals surface area contributed by atoms with E-state index in [-0.39, 0.29) is 18.1 Å². The van der Waals surface area contributed by atoms with E-state index in [0.717, 1.165) is 0 Å². The Hall–Kier alpha value is -1.59. The summed E-state index contributed by atoms with van der Waals surface area (Å²) >= 11 is 0. The van der Waals surface area contributed by atoms with Crippen LogP contribution < -0.4 is 15.4 Å². The number of carbonyl (C=O) groups is 1. The third-order valence-corrected chi connectivity index (χ3v) is 2.85. The van der Waals surface area contributed by atoms with Crippen molar-refractivity contribution in [1.82, 2.24) is 5.32 Å². The number of fused-ring (bicyclic) bond motifs is 1. The standard InChI is InChI=1S/C14H20N2O3/c1-14(2,3)15-7-11(17)9-5-4-6-10-13(9)19-8-12(18)16-10/h4-6,11,15,17H,7-8H2,1-3H3,(H,16,18)/t11-/m0/s1. The van der Waals surface area contributed by atoms with Gasteiger partial charge in [0, 0.05) is 17.6 Å². The van der Waals surface area contributed by atoms with E-state index in [1.165, 1.54) is 0 Å². The number of aliphatic hydroxyl groups is 1. The van der Waals surface area contributed by atoms with Crippen molar-refractivity contribution in [3.8, 4) is 5.75 Å². The molecule has 1 aliphatic heterocycles. The molecule has 0 spiro atoms. The highest BCUT2D eigenvalue weighted by Crippen LogP contribution is 2.35. The third-order valence-electron chi connectivity index (χ3n) is 2.85. The van der Waals surface area contributed by atoms with E-state index in [9.17, 15) is 9.90 Å². The number of rotatable bonds is 3. The molecule has 0 aromatic heterocycles. The van der Waals surface area contributed by atoms with Crippen molar-refractivity contribution in [1.29, 1.82) is 0 Å². The lowest BCUT2D eigenvalue weighted by Gasteiger charge is -2.26. The quantitative estimate of drug-likeness (QED) is 0.772. The van der Waals surface area contributed by atoms with Crippen molar-refractivity contribution in [2.45, 2.75) is 32.4 Å². The van der Waals surface area contributed by atoms with Crippen molar-refractivity contribution < 1.29 is 14.6 Å². The Bertz CT molecular complexity index is 480. The summed E-state index contributed by atoms with van der Waals surface area (Å²) < 4.78 is 5.42. The number of amides is 1. The fraction of sp³-hybridized carbons (Fsp3) is 0.500. The molecule has 5 heteroatoms. The summed E-state index contributed by atoms with van der Waals surface area (Å²) in [5, 5.41) is 16.2. The number of carbonyl (C=O) groups excluding carboxylic acids is 1. The van der Waals surface area contributed by atoms with E-state index < -0.39 is 6.10 Å². The Morgan fingerprint density at radius 3 is 2.89 bits per heavy atom. The first-order valence-corrected chi connectivity index (χ1v) is 6.35. The molecule has 3 N–H and O–H groups in total. The Labute approximate surface area is 113 Å². The zero-order chi connectivity index (χ0) is 14.0. The number of ether oxygens (including phenoxy) is 1. The molecule has 5 nitrogen and oxygen atoms in total. The van der Waals surface area contributed by atoms with Gasteiger partial charge < -0.3 is 20.5 Å². The van der Waals surface area contributed by atoms with E-state index in [1.54, 1.807) is 12.1 Å². The fourth-order valence-corrected chi connectivity index (χ4v) is 1.91. The first kappa shape index (κ1) is 13.8. The number of para-hydroxylation sites is 1. The molecule has 0 radical (unpaired) electrons. The van der Waals surface area contributed by atoms with Crippen LogP contribution in [0.4, 0.5) is 5.69 Å². The van der Waals surface area contributed by atoms with Crippen LogP contribution in [0, 0.1) is 0 Å². The van der Waals surface area contributed by atoms with Gasteiger partial charge in [-0.3, -0.25) is 4.79 Å². The highest BCUT2D eigenvalue weighted by atomic mass is 16.5. The molecule has 1 atom stereocenters. The second-order valence-electron chi connectivity index (χ2n) is 5.71. The van der Waals surface area contributed by atoms with Gasteiger partial charge in [-0.2, -0.15) is 0 Å². The van der Waals surface area contributed by atoms with Gasteiger partial charge in [0.15, 0.2) is 6.61 Å². The maximum absolute atomic E-state index is 11.3. The van der Waals surface area contributed by atoms with Gasteiger partial charge in [-0.1, -0.05) is 12.1 Å². The Kier molecular flexibility index (Phi) is 3.78. The number of hydrogen-bond donors (Lipinski definition) is 3. The highest BCUT2D eigenvalue weighted by molar-refractivity contribution is 5.95. The Morgan fingerprint density at radius 2 is 2.21 bits per heavy atom. The smallest absolute Gasteiger partial charge is 0.262 e. The van der Waals surface area contributed by atoms with Gasteiger partial charge in [0.2, 0.25) is 0 Å². The van der Waals surface area contributed by atoms with E-state index in [0.29, 0.717) is 23.5 Å². The van der Waals surface area contributed by atoms with Crippen molar-refractivity contribution >= 4 is 11.6 Å². The first-order valence-electron chi connectivity index (χ1n) is 6.35. The monoisotopic (exact) mass is 264 g/mol. The molecule has 0 aliphatic carbocycles. The summed E-state index contributed by atoms with van der Waals surface area (Å²) in [6, 6.07) is 5.37. The van der Waals surface area contributed by atoms with Crippen molar-refractivity contribution in [3.63, 3.8) is 0 Å². The average Bonchev–Trinajstić information content (AvgIpc) is 2.34. The van der Waals surface area contributed by atoms with Crippen LogP contribution in [0.15, 0.2) is 18.2 Å². The molecule has 0 fully saturated rings. The van der Waals surface area contributed by atoms with Gasteiger partial charge in [0.1, 0.15) is 5.75 Å². The number of nitrogens with one attached hydrogen (secondary N) is 2. The minimum Gasteiger partial charge on any atom is -0.481 e. The van der Waals surface area contributed by atoms with E-state index >= 15 is 0 Å². The predicted molar refractivity (Wildman–Crippen MR) is 73.3 cm³/mol. The van der Waals surface area contributed by atoms with Crippen LogP contribution in [-0.4, -0.2) is 29.7 Å². The maximum Gasteiger partial charge on any atom is 0.262 e. The molecule has 0 saturated carbocycles. The van der Waals surface area contributed by atoms with Crippen LogP contribution in [0.3, 0.4) is 0 Å². The lowest BCUT2D eigenvalue weighted by molar-refractivity contribution is -0.118. The van der Waals surface area contributed by atoms with Crippen molar-refractivity contribution in [3.05, 3.63) is 23.8 Å². The highest BCUT2D eigenvalue weighted by Gasteiger charge is 2.23. The lowest BCUT2D eigenvalue weighted by atomic mass is 10.0. The maximum atomic E-state index is 11.3. The van der Waals surface area contributed by atoms with Crippen LogP contribution in [0.25, 0.3) is 0 Å². The average molecular weight is 264 g/mol. The summed E-state index contributed by atoms with van der Waals surface area (Å²) in [7, 11) is 0. The fourth-order valence-electron chi connectivity index (χ4n) is 1.91. The molecule has 1 aliphatic rings. The van der Waals surface area contributed by atoms with E-state index in [1.807, 2.05) is 26.8 Å². The molecule has 104 valence electrons. The molecule has 0 unspecified atom stereocenters. The molecule has 1 amide bonds. The van der Waals surface area contributed by atoms with Crippen LogP contribution in [0.2, 0.25) is 0 Å². The normalized spacial score (nSPS) is 16.3. The summed E-state index contributed by atoms with van der Waals surface area (Å²) in [5.74, 6) is 0.386. The number of hydrogen-bond acceptors (Lipinski definition) is 4. The van der Waals surface area contributed by atoms with Crippen LogP contribution in [0.5, 0.6) is 5.75 Å². The second-order valence-corrected chi connectivity index (χ2v) is 5.71. The number of β-amino-alcohol motifs (C(OH)–C–C–N with tert-alkyl or cyclic N) is 1. The molecule has 2 rings (SSSR count). The van der Waals surface area contributed by atoms with E-state index in [4.69, 9.17) is 4.74 Å². The minimum atomic E-state index is -0.677. The summed E-state index contributed by atoms with van der Waals surface area (Å²) in [6.07, 6.45) is -0.677. The zero-order valence-corrected chi connectivity index (χ0v) is 11.5. The predicted octanol–water partition coefficient (Wildman–Crippen LogP) is 1.44. The topological polar surface area (TPSA) is 70.6 Å². The molecular formula is C14H20N2O3. The minimum absolute atomic E-state index is 0.0105. The molecule has 19 heavy (non-hydrogen) atoms. The van der Waals surface area contributed by atoms with Gasteiger partial charge >= 0.3 is 0 Å². The van der Waals surface area contributed by atoms with Gasteiger partial charge in [0.25, 0.3) is 5.91 Å².